The van der Waals surface area contributed by atoms with Crippen molar-refractivity contribution < 1.29 is 13.6 Å². The molecule has 4 aromatic rings. The Labute approximate surface area is 272 Å². The van der Waals surface area contributed by atoms with E-state index in [2.05, 4.69) is 21.9 Å². The summed E-state index contributed by atoms with van der Waals surface area (Å²) in [5.74, 6) is -2.17. The quantitative estimate of drug-likeness (QED) is 0.148. The number of hydrogen-bond acceptors (Lipinski definition) is 7. The number of piperazine rings is 1. The van der Waals surface area contributed by atoms with Crippen molar-refractivity contribution in [3.05, 3.63) is 79.4 Å². The molecule has 14 heteroatoms. The van der Waals surface area contributed by atoms with Crippen LogP contribution in [0.15, 0.2) is 35.8 Å². The maximum Gasteiger partial charge on any atom is 0.354 e. The minimum atomic E-state index is -1.03. The van der Waals surface area contributed by atoms with Gasteiger partial charge < -0.3 is 20.9 Å². The van der Waals surface area contributed by atoms with E-state index < -0.39 is 34.5 Å². The number of aromatic nitrogens is 3. The molecule has 0 aliphatic carbocycles. The Morgan fingerprint density at radius 1 is 1.18 bits per heavy atom. The summed E-state index contributed by atoms with van der Waals surface area (Å²) < 4.78 is 34.0. The van der Waals surface area contributed by atoms with E-state index >= 15 is 8.78 Å². The van der Waals surface area contributed by atoms with Crippen LogP contribution in [0.1, 0.15) is 31.0 Å². The molecule has 1 saturated heterocycles. The van der Waals surface area contributed by atoms with Gasteiger partial charge in [0.1, 0.15) is 5.82 Å². The van der Waals surface area contributed by atoms with E-state index in [4.69, 9.17) is 40.5 Å². The fourth-order valence-corrected chi connectivity index (χ4v) is 7.01. The number of pyridine rings is 1. The Bertz CT molecular complexity index is 1970. The van der Waals surface area contributed by atoms with E-state index in [9.17, 15) is 9.59 Å². The number of hydrogen-bond donors (Lipinski definition) is 2. The predicted octanol–water partition coefficient (Wildman–Crippen LogP) is 6.33. The molecule has 234 valence electrons. The number of halogens is 5. The van der Waals surface area contributed by atoms with Crippen LogP contribution < -0.4 is 21.6 Å². The van der Waals surface area contributed by atoms with Crippen molar-refractivity contribution in [2.75, 3.05) is 42.1 Å². The van der Waals surface area contributed by atoms with Crippen molar-refractivity contribution in [1.82, 2.24) is 19.4 Å². The van der Waals surface area contributed by atoms with Crippen molar-refractivity contribution in [2.45, 2.75) is 32.7 Å². The van der Waals surface area contributed by atoms with Gasteiger partial charge in [-0.1, -0.05) is 55.2 Å². The Balaban J connectivity index is 1.78. The summed E-state index contributed by atoms with van der Waals surface area (Å²) in [4.78, 5) is 39.2. The third kappa shape index (κ3) is 4.79. The zero-order chi connectivity index (χ0) is 32.5. The molecular weight excluding hydrogens is 647 g/mol. The van der Waals surface area contributed by atoms with Crippen LogP contribution in [0.25, 0.3) is 27.7 Å². The van der Waals surface area contributed by atoms with Gasteiger partial charge in [0, 0.05) is 43.5 Å². The Morgan fingerprint density at radius 3 is 2.60 bits per heavy atom. The predicted molar refractivity (Wildman–Crippen MR) is 175 cm³/mol. The minimum Gasteiger partial charge on any atom is -0.397 e. The number of fused-ring (bicyclic) bond motifs is 2. The molecule has 2 aliphatic heterocycles. The van der Waals surface area contributed by atoms with Crippen LogP contribution in [0, 0.1) is 18.6 Å². The van der Waals surface area contributed by atoms with Gasteiger partial charge in [-0.3, -0.25) is 14.3 Å². The summed E-state index contributed by atoms with van der Waals surface area (Å²) in [6.45, 7) is 10.3. The summed E-state index contributed by atoms with van der Waals surface area (Å²) in [6.07, 6.45) is 2.87. The summed E-state index contributed by atoms with van der Waals surface area (Å²) >= 11 is 19.5. The van der Waals surface area contributed by atoms with Crippen LogP contribution in [0.5, 0.6) is 0 Å². The van der Waals surface area contributed by atoms with Gasteiger partial charge in [-0.25, -0.2) is 13.6 Å². The first-order valence-corrected chi connectivity index (χ1v) is 15.3. The molecule has 0 saturated carbocycles. The fraction of sp³-hybridized carbons (Fsp3) is 0.290. The highest BCUT2D eigenvalue weighted by molar-refractivity contribution is 6.41. The average molecular weight is 675 g/mol. The number of aryl methyl sites for hydroxylation is 1. The number of nitrogens with zero attached hydrogens (tertiary/aromatic N) is 5. The molecule has 1 fully saturated rings. The molecule has 6 rings (SSSR count). The van der Waals surface area contributed by atoms with Crippen LogP contribution >= 0.6 is 34.8 Å². The van der Waals surface area contributed by atoms with Crippen LogP contribution in [0.2, 0.25) is 15.1 Å². The zero-order valence-corrected chi connectivity index (χ0v) is 26.8. The smallest absolute Gasteiger partial charge is 0.354 e. The van der Waals surface area contributed by atoms with E-state index in [1.807, 2.05) is 25.7 Å². The number of amides is 1. The summed E-state index contributed by atoms with van der Waals surface area (Å²) in [6, 6.07) is 2.46. The van der Waals surface area contributed by atoms with Crippen molar-refractivity contribution >= 4 is 68.8 Å². The molecule has 1 amide bonds. The second-order valence-electron chi connectivity index (χ2n) is 11.3. The highest BCUT2D eigenvalue weighted by Gasteiger charge is 2.38. The molecule has 3 N–H and O–H groups in total. The fourth-order valence-electron chi connectivity index (χ4n) is 6.19. The molecule has 0 spiro atoms. The Kier molecular flexibility index (Phi) is 7.91. The second kappa shape index (κ2) is 11.5. The van der Waals surface area contributed by atoms with Gasteiger partial charge in [-0.05, 0) is 36.6 Å². The first-order chi connectivity index (χ1) is 21.4. The number of anilines is 3. The van der Waals surface area contributed by atoms with Gasteiger partial charge in [-0.2, -0.15) is 4.98 Å². The number of rotatable bonds is 4. The second-order valence-corrected chi connectivity index (χ2v) is 12.5. The van der Waals surface area contributed by atoms with E-state index in [-0.39, 0.29) is 68.1 Å². The largest absolute Gasteiger partial charge is 0.397 e. The molecule has 2 aliphatic rings. The van der Waals surface area contributed by atoms with Gasteiger partial charge >= 0.3 is 5.69 Å². The molecule has 2 aromatic carbocycles. The lowest BCUT2D eigenvalue weighted by atomic mass is 9.97. The molecule has 0 bridgehead atoms. The highest BCUT2D eigenvalue weighted by Crippen LogP contribution is 2.50. The average Bonchev–Trinajstić information content (AvgIpc) is 3.16. The van der Waals surface area contributed by atoms with Gasteiger partial charge in [0.25, 0.3) is 0 Å². The van der Waals surface area contributed by atoms with Crippen molar-refractivity contribution in [3.63, 3.8) is 0 Å². The number of carbonyl (C=O) groups is 1. The molecule has 45 heavy (non-hydrogen) atoms. The van der Waals surface area contributed by atoms with Crippen molar-refractivity contribution in [3.8, 4) is 16.8 Å². The van der Waals surface area contributed by atoms with Gasteiger partial charge in [-0.15, -0.1) is 0 Å². The highest BCUT2D eigenvalue weighted by atomic mass is 35.5. The number of nitrogens with two attached hydrogens (primary N) is 1. The maximum atomic E-state index is 16.9. The molecule has 9 nitrogen and oxygen atoms in total. The number of benzene rings is 2. The van der Waals surface area contributed by atoms with Crippen LogP contribution in [0.3, 0.4) is 0 Å². The third-order valence-electron chi connectivity index (χ3n) is 8.33. The topological polar surface area (TPSA) is 109 Å². The molecule has 4 heterocycles. The first-order valence-electron chi connectivity index (χ1n) is 14.2. The molecular formula is C31H28Cl3F2N7O2. The van der Waals surface area contributed by atoms with Crippen molar-refractivity contribution in [1.29, 1.82) is 0 Å². The van der Waals surface area contributed by atoms with Gasteiger partial charge in [0.15, 0.2) is 11.6 Å². The zero-order valence-electron chi connectivity index (χ0n) is 24.5. The SMILES string of the molecule is C=CC(=O)N1CCN2c3nc(=O)n(-c4c(C)ccnc4C(C)C)c4c(Cl)c(-c5c(N)c(Cl)cc(Cl)c5F)c(F)c(c34)NCC2C1. The van der Waals surface area contributed by atoms with E-state index in [0.717, 1.165) is 6.07 Å². The lowest BCUT2D eigenvalue weighted by molar-refractivity contribution is -0.126. The number of carbonyl (C=O) groups excluding carboxylic acids is 1. The lowest BCUT2D eigenvalue weighted by Gasteiger charge is -2.41. The third-order valence-corrected chi connectivity index (χ3v) is 9.29. The lowest BCUT2D eigenvalue weighted by Crippen LogP contribution is -2.57. The van der Waals surface area contributed by atoms with Crippen LogP contribution in [0.4, 0.5) is 26.0 Å². The van der Waals surface area contributed by atoms with Gasteiger partial charge in [0.05, 0.1) is 54.8 Å². The van der Waals surface area contributed by atoms with E-state index in [0.29, 0.717) is 30.0 Å². The summed E-state index contributed by atoms with van der Waals surface area (Å²) in [5, 5.41) is 2.57. The molecule has 1 unspecified atom stereocenters. The minimum absolute atomic E-state index is 0.0702. The van der Waals surface area contributed by atoms with Crippen LogP contribution in [-0.2, 0) is 4.79 Å². The maximum absolute atomic E-state index is 16.9. The number of nitrogen functional groups attached to an aromatic ring is 1. The van der Waals surface area contributed by atoms with Crippen LogP contribution in [-0.4, -0.2) is 57.6 Å². The monoisotopic (exact) mass is 673 g/mol. The Hall–Kier alpha value is -3.93. The Morgan fingerprint density at radius 2 is 1.91 bits per heavy atom. The summed E-state index contributed by atoms with van der Waals surface area (Å²) in [7, 11) is 0. The summed E-state index contributed by atoms with van der Waals surface area (Å²) in [5.41, 5.74) is 6.06. The normalized spacial score (nSPS) is 16.1. The molecule has 0 radical (unpaired) electrons. The standard InChI is InChI=1S/C31H28Cl3F2N7O2/c1-5-18(44)41-8-9-42-15(12-41)11-39-27-21-29(22(34)19(24(27)36)20-23(35)16(32)10-17(33)25(20)37)43(31(45)40-30(21)42)28-14(4)6-7-38-26(28)13(2)3/h5-7,10,13,15,39H,1,8-9,11-12,37H2,2-4H3. The van der Waals surface area contributed by atoms with Gasteiger partial charge in [0.2, 0.25) is 5.91 Å². The van der Waals surface area contributed by atoms with E-state index in [1.54, 1.807) is 17.2 Å². The number of nitrogens with one attached hydrogen (secondary N) is 1. The molecule has 1 atom stereocenters. The first kappa shape index (κ1) is 31.1. The molecule has 2 aromatic heterocycles. The van der Waals surface area contributed by atoms with Crippen molar-refractivity contribution in [2.24, 2.45) is 0 Å². The van der Waals surface area contributed by atoms with E-state index in [1.165, 1.54) is 10.6 Å².